The van der Waals surface area contributed by atoms with Gasteiger partial charge in [-0.25, -0.2) is 0 Å². The molecule has 0 amide bonds. The summed E-state index contributed by atoms with van der Waals surface area (Å²) in [5.74, 6) is 0.903. The van der Waals surface area contributed by atoms with Gasteiger partial charge in [-0.2, -0.15) is 0 Å². The highest BCUT2D eigenvalue weighted by Gasteiger charge is 2.38. The van der Waals surface area contributed by atoms with Crippen molar-refractivity contribution in [3.05, 3.63) is 30.1 Å². The first-order valence-corrected chi connectivity index (χ1v) is 4.62. The van der Waals surface area contributed by atoms with E-state index in [1.54, 1.807) is 0 Å². The third-order valence-electron chi connectivity index (χ3n) is 3.02. The molecule has 1 saturated carbocycles. The van der Waals surface area contributed by atoms with Crippen molar-refractivity contribution in [3.8, 4) is 0 Å². The predicted octanol–water partition coefficient (Wildman–Crippen LogP) is 2.77. The van der Waals surface area contributed by atoms with E-state index in [1.807, 2.05) is 12.4 Å². The van der Waals surface area contributed by atoms with Crippen LogP contribution in [0, 0.1) is 5.92 Å². The smallest absolute Gasteiger partial charge is 0.0270 e. The van der Waals surface area contributed by atoms with Crippen molar-refractivity contribution in [2.75, 3.05) is 0 Å². The molecule has 12 heavy (non-hydrogen) atoms. The van der Waals surface area contributed by atoms with Crippen molar-refractivity contribution in [1.82, 2.24) is 4.98 Å². The SMILES string of the molecule is CC(C)(c1ccncc1)C1CC1. The summed E-state index contributed by atoms with van der Waals surface area (Å²) in [6.07, 6.45) is 6.57. The van der Waals surface area contributed by atoms with Gasteiger partial charge in [0.1, 0.15) is 0 Å². The van der Waals surface area contributed by atoms with Gasteiger partial charge in [0, 0.05) is 12.4 Å². The molecule has 0 aliphatic heterocycles. The van der Waals surface area contributed by atoms with E-state index in [4.69, 9.17) is 0 Å². The quantitative estimate of drug-likeness (QED) is 0.650. The maximum absolute atomic E-state index is 4.04. The molecule has 1 heteroatoms. The van der Waals surface area contributed by atoms with E-state index in [0.717, 1.165) is 5.92 Å². The van der Waals surface area contributed by atoms with E-state index < -0.39 is 0 Å². The molecule has 1 fully saturated rings. The van der Waals surface area contributed by atoms with E-state index in [2.05, 4.69) is 31.0 Å². The minimum atomic E-state index is 0.364. The predicted molar refractivity (Wildman–Crippen MR) is 50.0 cm³/mol. The van der Waals surface area contributed by atoms with Gasteiger partial charge < -0.3 is 0 Å². The number of hydrogen-bond donors (Lipinski definition) is 0. The van der Waals surface area contributed by atoms with E-state index in [-0.39, 0.29) is 0 Å². The number of hydrogen-bond acceptors (Lipinski definition) is 1. The molecule has 0 saturated heterocycles. The summed E-state index contributed by atoms with van der Waals surface area (Å²) >= 11 is 0. The Morgan fingerprint density at radius 3 is 2.33 bits per heavy atom. The maximum atomic E-state index is 4.04. The van der Waals surface area contributed by atoms with Gasteiger partial charge >= 0.3 is 0 Å². The van der Waals surface area contributed by atoms with Crippen LogP contribution in [0.4, 0.5) is 0 Å². The summed E-state index contributed by atoms with van der Waals surface area (Å²) in [6, 6.07) is 4.27. The van der Waals surface area contributed by atoms with Crippen LogP contribution < -0.4 is 0 Å². The van der Waals surface area contributed by atoms with Gasteiger partial charge in [-0.15, -0.1) is 0 Å². The Balaban J connectivity index is 2.28. The van der Waals surface area contributed by atoms with Crippen LogP contribution in [0.15, 0.2) is 24.5 Å². The van der Waals surface area contributed by atoms with E-state index in [1.165, 1.54) is 18.4 Å². The summed E-state index contributed by atoms with van der Waals surface area (Å²) in [4.78, 5) is 4.04. The minimum absolute atomic E-state index is 0.364. The Labute approximate surface area is 73.8 Å². The topological polar surface area (TPSA) is 12.9 Å². The second-order valence-corrected chi connectivity index (χ2v) is 4.23. The summed E-state index contributed by atoms with van der Waals surface area (Å²) in [6.45, 7) is 4.67. The molecule has 64 valence electrons. The van der Waals surface area contributed by atoms with Crippen molar-refractivity contribution in [2.45, 2.75) is 32.1 Å². The van der Waals surface area contributed by atoms with Gasteiger partial charge in [-0.1, -0.05) is 13.8 Å². The Bertz CT molecular complexity index is 260. The van der Waals surface area contributed by atoms with Crippen LogP contribution in [0.5, 0.6) is 0 Å². The monoisotopic (exact) mass is 161 g/mol. The summed E-state index contributed by atoms with van der Waals surface area (Å²) in [5.41, 5.74) is 1.79. The van der Waals surface area contributed by atoms with Crippen molar-refractivity contribution in [3.63, 3.8) is 0 Å². The molecule has 0 radical (unpaired) electrons. The number of nitrogens with zero attached hydrogens (tertiary/aromatic N) is 1. The fourth-order valence-electron chi connectivity index (χ4n) is 1.82. The lowest BCUT2D eigenvalue weighted by atomic mass is 9.80. The zero-order chi connectivity index (χ0) is 8.60. The molecule has 0 unspecified atom stereocenters. The minimum Gasteiger partial charge on any atom is -0.265 e. The van der Waals surface area contributed by atoms with Crippen LogP contribution in [-0.2, 0) is 5.41 Å². The van der Waals surface area contributed by atoms with Crippen LogP contribution >= 0.6 is 0 Å². The largest absolute Gasteiger partial charge is 0.265 e. The number of aromatic nitrogens is 1. The zero-order valence-corrected chi connectivity index (χ0v) is 7.75. The lowest BCUT2D eigenvalue weighted by molar-refractivity contribution is 0.454. The molecular weight excluding hydrogens is 146 g/mol. The van der Waals surface area contributed by atoms with Gasteiger partial charge in [0.05, 0.1) is 0 Å². The highest BCUT2D eigenvalue weighted by atomic mass is 14.6. The van der Waals surface area contributed by atoms with Crippen LogP contribution in [0.3, 0.4) is 0 Å². The zero-order valence-electron chi connectivity index (χ0n) is 7.75. The molecule has 2 rings (SSSR count). The molecule has 1 aromatic heterocycles. The normalized spacial score (nSPS) is 17.8. The first-order valence-electron chi connectivity index (χ1n) is 4.62. The van der Waals surface area contributed by atoms with Gasteiger partial charge in [-0.05, 0) is 41.9 Å². The highest BCUT2D eigenvalue weighted by molar-refractivity contribution is 5.23. The molecule has 1 aliphatic rings. The number of pyridine rings is 1. The molecule has 0 N–H and O–H groups in total. The van der Waals surface area contributed by atoms with E-state index in [0.29, 0.717) is 5.41 Å². The third kappa shape index (κ3) is 1.24. The molecule has 0 bridgehead atoms. The van der Waals surface area contributed by atoms with Gasteiger partial charge in [0.25, 0.3) is 0 Å². The molecule has 1 aliphatic carbocycles. The molecule has 0 spiro atoms. The van der Waals surface area contributed by atoms with Crippen molar-refractivity contribution < 1.29 is 0 Å². The molecule has 1 heterocycles. The van der Waals surface area contributed by atoms with Crippen LogP contribution in [-0.4, -0.2) is 4.98 Å². The number of rotatable bonds is 2. The van der Waals surface area contributed by atoms with Crippen LogP contribution in [0.25, 0.3) is 0 Å². The van der Waals surface area contributed by atoms with Crippen molar-refractivity contribution in [2.24, 2.45) is 5.92 Å². The van der Waals surface area contributed by atoms with E-state index in [9.17, 15) is 0 Å². The fraction of sp³-hybridized carbons (Fsp3) is 0.545. The standard InChI is InChI=1S/C11H15N/c1-11(2,9-3-4-9)10-5-7-12-8-6-10/h5-9H,3-4H2,1-2H3. The average Bonchev–Trinajstić information content (AvgIpc) is 2.88. The van der Waals surface area contributed by atoms with E-state index >= 15 is 0 Å². The third-order valence-corrected chi connectivity index (χ3v) is 3.02. The van der Waals surface area contributed by atoms with Gasteiger partial charge in [-0.3, -0.25) is 4.98 Å². The molecule has 0 atom stereocenters. The maximum Gasteiger partial charge on any atom is 0.0270 e. The molecular formula is C11H15N. The average molecular weight is 161 g/mol. The Morgan fingerprint density at radius 1 is 1.25 bits per heavy atom. The summed E-state index contributed by atoms with van der Waals surface area (Å²) in [5, 5.41) is 0. The first kappa shape index (κ1) is 7.78. The summed E-state index contributed by atoms with van der Waals surface area (Å²) < 4.78 is 0. The Kier molecular flexibility index (Phi) is 1.67. The highest BCUT2D eigenvalue weighted by Crippen LogP contribution is 2.46. The Hall–Kier alpha value is -0.850. The van der Waals surface area contributed by atoms with Gasteiger partial charge in [0.2, 0.25) is 0 Å². The molecule has 1 nitrogen and oxygen atoms in total. The lowest BCUT2D eigenvalue weighted by Gasteiger charge is -2.24. The molecule has 1 aromatic rings. The van der Waals surface area contributed by atoms with Crippen LogP contribution in [0.2, 0.25) is 0 Å². The van der Waals surface area contributed by atoms with Crippen LogP contribution in [0.1, 0.15) is 32.3 Å². The summed E-state index contributed by atoms with van der Waals surface area (Å²) in [7, 11) is 0. The first-order chi connectivity index (χ1) is 5.71. The van der Waals surface area contributed by atoms with Gasteiger partial charge in [0.15, 0.2) is 0 Å². The second-order valence-electron chi connectivity index (χ2n) is 4.23. The second kappa shape index (κ2) is 2.58. The Morgan fingerprint density at radius 2 is 1.83 bits per heavy atom. The molecule has 0 aromatic carbocycles. The lowest BCUT2D eigenvalue weighted by Crippen LogP contribution is -2.19. The van der Waals surface area contributed by atoms with Crippen molar-refractivity contribution >= 4 is 0 Å². The van der Waals surface area contributed by atoms with Crippen molar-refractivity contribution in [1.29, 1.82) is 0 Å². The fourth-order valence-corrected chi connectivity index (χ4v) is 1.82.